The first-order valence-electron chi connectivity index (χ1n) is 3.74. The second kappa shape index (κ2) is 5.70. The highest BCUT2D eigenvalue weighted by molar-refractivity contribution is 9.10. The molecule has 0 aliphatic heterocycles. The van der Waals surface area contributed by atoms with E-state index in [0.29, 0.717) is 5.02 Å². The molecule has 68 valence electrons. The Morgan fingerprint density at radius 3 is 2.77 bits per heavy atom. The van der Waals surface area contributed by atoms with Crippen molar-refractivity contribution in [2.45, 2.75) is 6.42 Å². The van der Waals surface area contributed by atoms with Gasteiger partial charge in [0.05, 0.1) is 5.02 Å². The van der Waals surface area contributed by atoms with E-state index in [4.69, 9.17) is 11.6 Å². The van der Waals surface area contributed by atoms with Crippen LogP contribution < -0.4 is 0 Å². The molecule has 0 N–H and O–H groups in total. The van der Waals surface area contributed by atoms with E-state index in [2.05, 4.69) is 43.7 Å². The minimum absolute atomic E-state index is 0.714. The lowest BCUT2D eigenvalue weighted by atomic mass is 10.2. The normalized spacial score (nSPS) is 9.15. The van der Waals surface area contributed by atoms with Gasteiger partial charge in [-0.25, -0.2) is 0 Å². The lowest BCUT2D eigenvalue weighted by Crippen LogP contribution is -1.76. The number of hydrogen-bond donors (Lipinski definition) is 0. The molecule has 13 heavy (non-hydrogen) atoms. The molecular formula is C10H7Br2Cl. The van der Waals surface area contributed by atoms with Crippen LogP contribution in [0.25, 0.3) is 0 Å². The second-order valence-corrected chi connectivity index (χ2v) is 4.42. The Bertz CT molecular complexity index is 350. The predicted octanol–water partition coefficient (Wildman–Crippen LogP) is 4.24. The van der Waals surface area contributed by atoms with Crippen molar-refractivity contribution in [3.8, 4) is 11.8 Å². The number of rotatable bonds is 1. The van der Waals surface area contributed by atoms with Gasteiger partial charge >= 0.3 is 0 Å². The van der Waals surface area contributed by atoms with E-state index in [1.807, 2.05) is 18.2 Å². The first-order chi connectivity index (χ1) is 6.24. The molecule has 0 aliphatic carbocycles. The maximum Gasteiger partial charge on any atom is 0.0548 e. The number of benzene rings is 1. The van der Waals surface area contributed by atoms with Crippen LogP contribution in [0.5, 0.6) is 0 Å². The monoisotopic (exact) mass is 320 g/mol. The molecule has 0 aliphatic rings. The summed E-state index contributed by atoms with van der Waals surface area (Å²) in [6.07, 6.45) is 0.861. The second-order valence-electron chi connectivity index (χ2n) is 2.37. The van der Waals surface area contributed by atoms with Gasteiger partial charge in [0.15, 0.2) is 0 Å². The van der Waals surface area contributed by atoms with Gasteiger partial charge in [-0.2, -0.15) is 0 Å². The highest BCUT2D eigenvalue weighted by atomic mass is 79.9. The van der Waals surface area contributed by atoms with Crippen molar-refractivity contribution >= 4 is 43.5 Å². The smallest absolute Gasteiger partial charge is 0.0548 e. The maximum atomic E-state index is 5.84. The Morgan fingerprint density at radius 2 is 2.15 bits per heavy atom. The molecule has 1 aromatic carbocycles. The predicted molar refractivity (Wildman–Crippen MR) is 64.4 cm³/mol. The molecule has 0 aromatic heterocycles. The Balaban J connectivity index is 2.81. The molecular weight excluding hydrogens is 315 g/mol. The summed E-state index contributed by atoms with van der Waals surface area (Å²) in [5, 5.41) is 1.63. The lowest BCUT2D eigenvalue weighted by molar-refractivity contribution is 1.32. The molecule has 1 rings (SSSR count). The molecule has 1 aromatic rings. The SMILES string of the molecule is Clc1ccc(C#CCCBr)cc1Br. The Morgan fingerprint density at radius 1 is 1.38 bits per heavy atom. The minimum Gasteiger partial charge on any atom is -0.0970 e. The fourth-order valence-corrected chi connectivity index (χ4v) is 1.48. The van der Waals surface area contributed by atoms with Gasteiger partial charge in [-0.05, 0) is 34.1 Å². The largest absolute Gasteiger partial charge is 0.0970 e. The van der Waals surface area contributed by atoms with Gasteiger partial charge in [0.2, 0.25) is 0 Å². The molecule has 0 amide bonds. The molecule has 0 radical (unpaired) electrons. The highest BCUT2D eigenvalue weighted by Gasteiger charge is 1.95. The van der Waals surface area contributed by atoms with E-state index in [1.54, 1.807) is 0 Å². The van der Waals surface area contributed by atoms with E-state index < -0.39 is 0 Å². The zero-order valence-electron chi connectivity index (χ0n) is 6.78. The van der Waals surface area contributed by atoms with Crippen molar-refractivity contribution in [3.63, 3.8) is 0 Å². The van der Waals surface area contributed by atoms with Crippen LogP contribution in [0.3, 0.4) is 0 Å². The third kappa shape index (κ3) is 3.72. The van der Waals surface area contributed by atoms with Crippen LogP contribution in [0.2, 0.25) is 5.02 Å². The lowest BCUT2D eigenvalue weighted by Gasteiger charge is -1.95. The quantitative estimate of drug-likeness (QED) is 0.536. The zero-order valence-corrected chi connectivity index (χ0v) is 10.7. The van der Waals surface area contributed by atoms with Gasteiger partial charge in [-0.1, -0.05) is 39.4 Å². The Kier molecular flexibility index (Phi) is 4.87. The third-order valence-corrected chi connectivity index (χ3v) is 2.98. The van der Waals surface area contributed by atoms with Crippen LogP contribution in [-0.4, -0.2) is 5.33 Å². The topological polar surface area (TPSA) is 0 Å². The fourth-order valence-electron chi connectivity index (χ4n) is 0.786. The summed E-state index contributed by atoms with van der Waals surface area (Å²) in [7, 11) is 0. The first kappa shape index (κ1) is 11.1. The summed E-state index contributed by atoms with van der Waals surface area (Å²) >= 11 is 12.5. The van der Waals surface area contributed by atoms with Crippen molar-refractivity contribution in [1.82, 2.24) is 0 Å². The van der Waals surface area contributed by atoms with Crippen LogP contribution in [0.4, 0.5) is 0 Å². The molecule has 0 fully saturated rings. The van der Waals surface area contributed by atoms with Crippen LogP contribution in [0.1, 0.15) is 12.0 Å². The van der Waals surface area contributed by atoms with Crippen molar-refractivity contribution in [3.05, 3.63) is 33.3 Å². The molecule has 0 unspecified atom stereocenters. The summed E-state index contributed by atoms with van der Waals surface area (Å²) in [4.78, 5) is 0. The van der Waals surface area contributed by atoms with E-state index in [0.717, 1.165) is 21.8 Å². The molecule has 0 spiro atoms. The number of hydrogen-bond acceptors (Lipinski definition) is 0. The maximum absolute atomic E-state index is 5.84. The summed E-state index contributed by atoms with van der Waals surface area (Å²) in [6.45, 7) is 0. The molecule has 0 saturated heterocycles. The average Bonchev–Trinajstić information content (AvgIpc) is 2.12. The molecule has 0 heterocycles. The minimum atomic E-state index is 0.714. The third-order valence-electron chi connectivity index (χ3n) is 1.37. The van der Waals surface area contributed by atoms with E-state index in [-0.39, 0.29) is 0 Å². The van der Waals surface area contributed by atoms with Gasteiger partial charge in [0, 0.05) is 21.8 Å². The standard InChI is InChI=1S/C10H7Br2Cl/c11-6-2-1-3-8-4-5-10(13)9(12)7-8/h4-5,7H,2,6H2. The van der Waals surface area contributed by atoms with Crippen molar-refractivity contribution in [2.75, 3.05) is 5.33 Å². The molecule has 3 heteroatoms. The van der Waals surface area contributed by atoms with Crippen LogP contribution in [0.15, 0.2) is 22.7 Å². The van der Waals surface area contributed by atoms with Gasteiger partial charge in [-0.15, -0.1) is 0 Å². The summed E-state index contributed by atoms with van der Waals surface area (Å²) in [6, 6.07) is 5.67. The molecule has 0 saturated carbocycles. The summed E-state index contributed by atoms with van der Waals surface area (Å²) in [5.74, 6) is 6.08. The summed E-state index contributed by atoms with van der Waals surface area (Å²) < 4.78 is 0.889. The van der Waals surface area contributed by atoms with Gasteiger partial charge in [0.25, 0.3) is 0 Å². The van der Waals surface area contributed by atoms with Crippen LogP contribution >= 0.6 is 43.5 Å². The number of halogens is 3. The molecule has 0 atom stereocenters. The number of alkyl halides is 1. The van der Waals surface area contributed by atoms with Crippen LogP contribution in [0, 0.1) is 11.8 Å². The average molecular weight is 322 g/mol. The molecule has 0 nitrogen and oxygen atoms in total. The van der Waals surface area contributed by atoms with Crippen LogP contribution in [-0.2, 0) is 0 Å². The Labute approximate surface area is 99.9 Å². The fraction of sp³-hybridized carbons (Fsp3) is 0.200. The van der Waals surface area contributed by atoms with Crippen molar-refractivity contribution < 1.29 is 0 Å². The Hall–Kier alpha value is 0.0300. The van der Waals surface area contributed by atoms with Gasteiger partial charge in [0.1, 0.15) is 0 Å². The zero-order chi connectivity index (χ0) is 9.68. The first-order valence-corrected chi connectivity index (χ1v) is 6.03. The van der Waals surface area contributed by atoms with Gasteiger partial charge < -0.3 is 0 Å². The van der Waals surface area contributed by atoms with Crippen molar-refractivity contribution in [2.24, 2.45) is 0 Å². The molecule has 0 bridgehead atoms. The van der Waals surface area contributed by atoms with E-state index in [1.165, 1.54) is 0 Å². The highest BCUT2D eigenvalue weighted by Crippen LogP contribution is 2.22. The van der Waals surface area contributed by atoms with E-state index in [9.17, 15) is 0 Å². The van der Waals surface area contributed by atoms with Crippen molar-refractivity contribution in [1.29, 1.82) is 0 Å². The van der Waals surface area contributed by atoms with E-state index >= 15 is 0 Å². The van der Waals surface area contributed by atoms with Gasteiger partial charge in [-0.3, -0.25) is 0 Å². The summed E-state index contributed by atoms with van der Waals surface area (Å²) in [5.41, 5.74) is 0.984.